The number of rotatable bonds is 6. The van der Waals surface area contributed by atoms with Gasteiger partial charge in [0.1, 0.15) is 6.04 Å². The molecule has 0 saturated carbocycles. The molecule has 2 aromatic heterocycles. The van der Waals surface area contributed by atoms with Crippen molar-refractivity contribution in [1.82, 2.24) is 20.1 Å². The minimum Gasteiger partial charge on any atom is -0.481 e. The van der Waals surface area contributed by atoms with E-state index in [9.17, 15) is 9.59 Å². The standard InChI is InChI=1S/C12H14N4O3S2/c1-7(11(19)13-2)16-10(8-4-3-5-20-8)14-15-12(16)21-6-9(17)18/h3-5,7H,6H2,1-2H3,(H,13,19)(H,17,18). The zero-order chi connectivity index (χ0) is 15.4. The van der Waals surface area contributed by atoms with E-state index in [0.717, 1.165) is 16.6 Å². The Bertz CT molecular complexity index is 639. The number of hydrogen-bond donors (Lipinski definition) is 2. The topological polar surface area (TPSA) is 97.1 Å². The third-order valence-electron chi connectivity index (χ3n) is 2.74. The maximum absolute atomic E-state index is 11.9. The van der Waals surface area contributed by atoms with Crippen LogP contribution < -0.4 is 5.32 Å². The molecule has 0 radical (unpaired) electrons. The third-order valence-corrected chi connectivity index (χ3v) is 4.54. The van der Waals surface area contributed by atoms with E-state index in [4.69, 9.17) is 5.11 Å². The number of nitrogens with one attached hydrogen (secondary N) is 1. The Kier molecular flexibility index (Phi) is 4.97. The SMILES string of the molecule is CNC(=O)C(C)n1c(SCC(=O)O)nnc1-c1cccs1. The molecule has 2 aromatic rings. The summed E-state index contributed by atoms with van der Waals surface area (Å²) in [6, 6.07) is 3.24. The molecule has 1 amide bonds. The number of carboxylic acid groups (broad SMARTS) is 1. The van der Waals surface area contributed by atoms with Crippen molar-refractivity contribution < 1.29 is 14.7 Å². The number of hydrogen-bond acceptors (Lipinski definition) is 6. The molecule has 0 aliphatic heterocycles. The minimum absolute atomic E-state index is 0.136. The lowest BCUT2D eigenvalue weighted by Crippen LogP contribution is -2.28. The predicted molar refractivity (Wildman–Crippen MR) is 80.5 cm³/mol. The lowest BCUT2D eigenvalue weighted by molar-refractivity contribution is -0.133. The normalized spacial score (nSPS) is 12.1. The van der Waals surface area contributed by atoms with Crippen LogP contribution in [0.15, 0.2) is 22.7 Å². The Hall–Kier alpha value is -1.87. The van der Waals surface area contributed by atoms with Gasteiger partial charge >= 0.3 is 5.97 Å². The van der Waals surface area contributed by atoms with E-state index in [-0.39, 0.29) is 11.7 Å². The Morgan fingerprint density at radius 3 is 2.86 bits per heavy atom. The molecule has 2 N–H and O–H groups in total. The van der Waals surface area contributed by atoms with Gasteiger partial charge in [0.05, 0.1) is 10.6 Å². The van der Waals surface area contributed by atoms with Crippen molar-refractivity contribution in [2.45, 2.75) is 18.1 Å². The molecule has 0 aliphatic rings. The van der Waals surface area contributed by atoms with Gasteiger partial charge in [0.15, 0.2) is 11.0 Å². The van der Waals surface area contributed by atoms with Crippen LogP contribution in [-0.4, -0.2) is 44.5 Å². The van der Waals surface area contributed by atoms with Crippen LogP contribution in [0.5, 0.6) is 0 Å². The second kappa shape index (κ2) is 6.72. The van der Waals surface area contributed by atoms with Crippen LogP contribution >= 0.6 is 23.1 Å². The van der Waals surface area contributed by atoms with E-state index in [2.05, 4.69) is 15.5 Å². The molecule has 0 spiro atoms. The van der Waals surface area contributed by atoms with E-state index in [1.54, 1.807) is 18.5 Å². The Balaban J connectivity index is 2.42. The van der Waals surface area contributed by atoms with Gasteiger partial charge in [-0.05, 0) is 18.4 Å². The van der Waals surface area contributed by atoms with Crippen molar-refractivity contribution in [1.29, 1.82) is 0 Å². The van der Waals surface area contributed by atoms with Crippen LogP contribution in [0.2, 0.25) is 0 Å². The van der Waals surface area contributed by atoms with Crippen LogP contribution in [0.1, 0.15) is 13.0 Å². The first-order valence-corrected chi connectivity index (χ1v) is 7.96. The summed E-state index contributed by atoms with van der Waals surface area (Å²) in [5, 5.41) is 21.8. The first-order valence-electron chi connectivity index (χ1n) is 6.09. The Morgan fingerprint density at radius 2 is 2.29 bits per heavy atom. The lowest BCUT2D eigenvalue weighted by Gasteiger charge is -2.15. The van der Waals surface area contributed by atoms with Crippen molar-refractivity contribution in [3.8, 4) is 10.7 Å². The maximum atomic E-state index is 11.9. The maximum Gasteiger partial charge on any atom is 0.313 e. The summed E-state index contributed by atoms with van der Waals surface area (Å²) in [4.78, 5) is 23.5. The van der Waals surface area contributed by atoms with Gasteiger partial charge in [-0.1, -0.05) is 17.8 Å². The quantitative estimate of drug-likeness (QED) is 0.781. The molecule has 7 nitrogen and oxygen atoms in total. The molecule has 1 unspecified atom stereocenters. The van der Waals surface area contributed by atoms with Crippen molar-refractivity contribution in [2.75, 3.05) is 12.8 Å². The summed E-state index contributed by atoms with van der Waals surface area (Å²) in [7, 11) is 1.55. The average Bonchev–Trinajstić information content (AvgIpc) is 3.11. The summed E-state index contributed by atoms with van der Waals surface area (Å²) in [6.45, 7) is 1.73. The number of likely N-dealkylation sites (N-methyl/N-ethyl adjacent to an activating group) is 1. The second-order valence-corrected chi connectivity index (χ2v) is 6.02. The highest BCUT2D eigenvalue weighted by molar-refractivity contribution is 7.99. The van der Waals surface area contributed by atoms with Gasteiger partial charge in [0.25, 0.3) is 0 Å². The highest BCUT2D eigenvalue weighted by Gasteiger charge is 2.24. The summed E-state index contributed by atoms with van der Waals surface area (Å²) >= 11 is 2.53. The molecule has 9 heteroatoms. The number of aromatic nitrogens is 3. The second-order valence-electron chi connectivity index (χ2n) is 4.13. The average molecular weight is 326 g/mol. The number of aliphatic carboxylic acids is 1. The Morgan fingerprint density at radius 1 is 1.52 bits per heavy atom. The van der Waals surface area contributed by atoms with Crippen molar-refractivity contribution in [3.63, 3.8) is 0 Å². The monoisotopic (exact) mass is 326 g/mol. The van der Waals surface area contributed by atoms with Gasteiger partial charge in [-0.2, -0.15) is 0 Å². The molecule has 2 rings (SSSR count). The van der Waals surface area contributed by atoms with Crippen molar-refractivity contribution in [3.05, 3.63) is 17.5 Å². The molecule has 0 saturated heterocycles. The molecule has 0 aliphatic carbocycles. The van der Waals surface area contributed by atoms with Crippen molar-refractivity contribution >= 4 is 35.0 Å². The smallest absolute Gasteiger partial charge is 0.313 e. The first-order chi connectivity index (χ1) is 10.0. The Labute approximate surface area is 129 Å². The highest BCUT2D eigenvalue weighted by atomic mass is 32.2. The summed E-state index contributed by atoms with van der Waals surface area (Å²) in [5.74, 6) is -0.707. The molecule has 0 fully saturated rings. The number of nitrogens with zero attached hydrogens (tertiary/aromatic N) is 3. The van der Waals surface area contributed by atoms with Crippen LogP contribution in [0.25, 0.3) is 10.7 Å². The van der Waals surface area contributed by atoms with Crippen LogP contribution in [-0.2, 0) is 9.59 Å². The number of carbonyl (C=O) groups excluding carboxylic acids is 1. The van der Waals surface area contributed by atoms with E-state index in [1.807, 2.05) is 17.5 Å². The number of carbonyl (C=O) groups is 2. The summed E-state index contributed by atoms with van der Waals surface area (Å²) < 4.78 is 1.66. The van der Waals surface area contributed by atoms with E-state index >= 15 is 0 Å². The fourth-order valence-electron chi connectivity index (χ4n) is 1.75. The predicted octanol–water partition coefficient (Wildman–Crippen LogP) is 1.49. The molecule has 21 heavy (non-hydrogen) atoms. The lowest BCUT2D eigenvalue weighted by atomic mass is 10.3. The fourth-order valence-corrected chi connectivity index (χ4v) is 3.19. The number of carboxylic acids is 1. The largest absolute Gasteiger partial charge is 0.481 e. The van der Waals surface area contributed by atoms with Gasteiger partial charge in [0, 0.05) is 7.05 Å². The van der Waals surface area contributed by atoms with Crippen LogP contribution in [0, 0.1) is 0 Å². The van der Waals surface area contributed by atoms with Gasteiger partial charge in [0.2, 0.25) is 5.91 Å². The molecule has 0 aromatic carbocycles. The molecular weight excluding hydrogens is 312 g/mol. The summed E-state index contributed by atoms with van der Waals surface area (Å²) in [5.41, 5.74) is 0. The van der Waals surface area contributed by atoms with Gasteiger partial charge < -0.3 is 10.4 Å². The zero-order valence-corrected chi connectivity index (χ0v) is 13.1. The van der Waals surface area contributed by atoms with Gasteiger partial charge in [-0.25, -0.2) is 0 Å². The van der Waals surface area contributed by atoms with E-state index in [0.29, 0.717) is 11.0 Å². The van der Waals surface area contributed by atoms with E-state index < -0.39 is 12.0 Å². The highest BCUT2D eigenvalue weighted by Crippen LogP contribution is 2.30. The van der Waals surface area contributed by atoms with Crippen LogP contribution in [0.4, 0.5) is 0 Å². The van der Waals surface area contributed by atoms with Gasteiger partial charge in [-0.3, -0.25) is 14.2 Å². The van der Waals surface area contributed by atoms with Crippen LogP contribution in [0.3, 0.4) is 0 Å². The van der Waals surface area contributed by atoms with Crippen molar-refractivity contribution in [2.24, 2.45) is 0 Å². The molecule has 0 bridgehead atoms. The van der Waals surface area contributed by atoms with E-state index in [1.165, 1.54) is 11.3 Å². The number of amides is 1. The molecular formula is C12H14N4O3S2. The summed E-state index contributed by atoms with van der Waals surface area (Å²) in [6.07, 6.45) is 0. The van der Waals surface area contributed by atoms with Gasteiger partial charge in [-0.15, -0.1) is 21.5 Å². The molecule has 2 heterocycles. The fraction of sp³-hybridized carbons (Fsp3) is 0.333. The first kappa shape index (κ1) is 15.5. The third kappa shape index (κ3) is 3.42. The number of thiophene rings is 1. The number of thioether (sulfide) groups is 1. The minimum atomic E-state index is -0.945. The molecule has 1 atom stereocenters. The molecule has 112 valence electrons. The zero-order valence-electron chi connectivity index (χ0n) is 11.4.